The van der Waals surface area contributed by atoms with Gasteiger partial charge in [-0.05, 0) is 70.2 Å². The summed E-state index contributed by atoms with van der Waals surface area (Å²) in [6, 6.07) is 3.94. The molecule has 0 N–H and O–H groups in total. The van der Waals surface area contributed by atoms with Crippen molar-refractivity contribution in [1.82, 2.24) is 9.80 Å². The minimum atomic E-state index is 0.675. The number of benzene rings is 1. The zero-order chi connectivity index (χ0) is 19.9. The molecule has 26 heavy (non-hydrogen) atoms. The van der Waals surface area contributed by atoms with Crippen LogP contribution in [0.5, 0.6) is 11.5 Å². The quantitative estimate of drug-likeness (QED) is 0.372. The molecule has 1 rings (SSSR count). The Morgan fingerprint density at radius 2 is 1.00 bits per heavy atom. The van der Waals surface area contributed by atoms with Crippen LogP contribution >= 0.6 is 31.9 Å². The Kier molecular flexibility index (Phi) is 15.5. The number of ether oxygens (including phenoxy) is 2. The van der Waals surface area contributed by atoms with Gasteiger partial charge in [-0.15, -0.1) is 0 Å². The summed E-state index contributed by atoms with van der Waals surface area (Å²) < 4.78 is 13.6. The molecule has 0 aliphatic rings. The van der Waals surface area contributed by atoms with Gasteiger partial charge in [-0.2, -0.15) is 0 Å². The summed E-state index contributed by atoms with van der Waals surface area (Å²) in [6.07, 6.45) is 0. The zero-order valence-corrected chi connectivity index (χ0v) is 20.5. The van der Waals surface area contributed by atoms with Crippen LogP contribution in [0.3, 0.4) is 0 Å². The Morgan fingerprint density at radius 3 is 1.27 bits per heavy atom. The van der Waals surface area contributed by atoms with Crippen molar-refractivity contribution >= 4 is 31.9 Å². The van der Waals surface area contributed by atoms with E-state index in [4.69, 9.17) is 9.47 Å². The lowest BCUT2D eigenvalue weighted by Crippen LogP contribution is -2.28. The van der Waals surface area contributed by atoms with Crippen molar-refractivity contribution in [2.75, 3.05) is 52.5 Å². The third-order valence-electron chi connectivity index (χ3n) is 4.11. The molecule has 4 nitrogen and oxygen atoms in total. The van der Waals surface area contributed by atoms with E-state index in [0.717, 1.165) is 59.7 Å². The number of nitrogens with zero attached hydrogens (tertiary/aromatic N) is 2. The van der Waals surface area contributed by atoms with E-state index in [-0.39, 0.29) is 0 Å². The van der Waals surface area contributed by atoms with Crippen molar-refractivity contribution in [2.24, 2.45) is 0 Å². The fraction of sp³-hybridized carbons (Fsp3) is 0.700. The van der Waals surface area contributed by atoms with Crippen LogP contribution in [-0.4, -0.2) is 62.3 Å². The molecule has 0 heterocycles. The van der Waals surface area contributed by atoms with Crippen LogP contribution in [0.15, 0.2) is 21.1 Å². The second-order valence-electron chi connectivity index (χ2n) is 5.46. The van der Waals surface area contributed by atoms with Crippen molar-refractivity contribution < 1.29 is 9.47 Å². The molecular formula is C20H36Br2N2O2. The van der Waals surface area contributed by atoms with Crippen molar-refractivity contribution in [2.45, 2.75) is 41.5 Å². The number of likely N-dealkylation sites (N-methyl/N-ethyl adjacent to an activating group) is 2. The Morgan fingerprint density at radius 1 is 0.692 bits per heavy atom. The molecule has 0 fully saturated rings. The average Bonchev–Trinajstić information content (AvgIpc) is 2.67. The number of hydrogen-bond donors (Lipinski definition) is 0. The Labute approximate surface area is 177 Å². The van der Waals surface area contributed by atoms with E-state index in [9.17, 15) is 0 Å². The molecule has 0 spiro atoms. The topological polar surface area (TPSA) is 24.9 Å². The molecule has 0 radical (unpaired) electrons. The SMILES string of the molecule is CC.CCN(CC)CCOc1cc(Br)c(OCCN(CC)CC)cc1Br. The van der Waals surface area contributed by atoms with E-state index in [2.05, 4.69) is 69.4 Å². The molecule has 1 aromatic rings. The van der Waals surface area contributed by atoms with Gasteiger partial charge in [-0.3, -0.25) is 0 Å². The second kappa shape index (κ2) is 15.7. The van der Waals surface area contributed by atoms with Crippen LogP contribution in [0, 0.1) is 0 Å². The molecule has 0 aliphatic heterocycles. The maximum absolute atomic E-state index is 5.90. The first-order valence-electron chi connectivity index (χ1n) is 9.74. The van der Waals surface area contributed by atoms with Crippen LogP contribution < -0.4 is 9.47 Å². The van der Waals surface area contributed by atoms with Crippen molar-refractivity contribution in [1.29, 1.82) is 0 Å². The minimum absolute atomic E-state index is 0.675. The molecule has 1 aromatic carbocycles. The normalized spacial score (nSPS) is 10.7. The van der Waals surface area contributed by atoms with E-state index in [1.807, 2.05) is 26.0 Å². The summed E-state index contributed by atoms with van der Waals surface area (Å²) in [7, 11) is 0. The van der Waals surface area contributed by atoms with Crippen molar-refractivity contribution in [3.63, 3.8) is 0 Å². The van der Waals surface area contributed by atoms with Gasteiger partial charge >= 0.3 is 0 Å². The molecule has 0 aromatic heterocycles. The summed E-state index contributed by atoms with van der Waals surface area (Å²) in [4.78, 5) is 4.68. The first kappa shape index (κ1) is 25.7. The molecule has 0 bridgehead atoms. The highest BCUT2D eigenvalue weighted by molar-refractivity contribution is 9.11. The second-order valence-corrected chi connectivity index (χ2v) is 7.17. The summed E-state index contributed by atoms with van der Waals surface area (Å²) >= 11 is 7.16. The molecule has 6 heteroatoms. The van der Waals surface area contributed by atoms with Gasteiger partial charge in [0.15, 0.2) is 0 Å². The average molecular weight is 496 g/mol. The van der Waals surface area contributed by atoms with E-state index in [1.54, 1.807) is 0 Å². The van der Waals surface area contributed by atoms with Gasteiger partial charge in [0, 0.05) is 13.1 Å². The van der Waals surface area contributed by atoms with Crippen LogP contribution in [0.1, 0.15) is 41.5 Å². The molecule has 0 amide bonds. The van der Waals surface area contributed by atoms with E-state index in [1.165, 1.54) is 0 Å². The van der Waals surface area contributed by atoms with Gasteiger partial charge in [0.25, 0.3) is 0 Å². The summed E-state index contributed by atoms with van der Waals surface area (Å²) in [6.45, 7) is 20.1. The van der Waals surface area contributed by atoms with Crippen LogP contribution in [-0.2, 0) is 0 Å². The Bertz CT molecular complexity index is 435. The number of halogens is 2. The summed E-state index contributed by atoms with van der Waals surface area (Å²) in [5, 5.41) is 0. The van der Waals surface area contributed by atoms with Gasteiger partial charge in [0.1, 0.15) is 24.7 Å². The molecule has 0 atom stereocenters. The molecule has 152 valence electrons. The third-order valence-corrected chi connectivity index (χ3v) is 5.34. The summed E-state index contributed by atoms with van der Waals surface area (Å²) in [5.41, 5.74) is 0. The lowest BCUT2D eigenvalue weighted by Gasteiger charge is -2.20. The Balaban J connectivity index is 0.00000301. The first-order chi connectivity index (χ1) is 12.5. The standard InChI is InChI=1S/C18H30Br2N2O2.C2H6/c1-5-21(6-2)9-11-23-17-13-16(20)18(14-15(17)19)24-12-10-22(7-3)8-4;1-2/h13-14H,5-12H2,1-4H3;1-2H3. The maximum atomic E-state index is 5.90. The molecule has 0 saturated heterocycles. The van der Waals surface area contributed by atoms with Crippen molar-refractivity contribution in [3.05, 3.63) is 21.1 Å². The van der Waals surface area contributed by atoms with E-state index in [0.29, 0.717) is 13.2 Å². The highest BCUT2D eigenvalue weighted by Crippen LogP contribution is 2.36. The molecule has 0 aliphatic carbocycles. The van der Waals surface area contributed by atoms with Crippen LogP contribution in [0.25, 0.3) is 0 Å². The number of hydrogen-bond acceptors (Lipinski definition) is 4. The largest absolute Gasteiger partial charge is 0.491 e. The van der Waals surface area contributed by atoms with Gasteiger partial charge in [0.05, 0.1) is 8.95 Å². The van der Waals surface area contributed by atoms with Gasteiger partial charge in [-0.1, -0.05) is 41.5 Å². The molecular weight excluding hydrogens is 460 g/mol. The first-order valence-corrected chi connectivity index (χ1v) is 11.3. The monoisotopic (exact) mass is 494 g/mol. The Hall–Kier alpha value is -0.300. The van der Waals surface area contributed by atoms with Gasteiger partial charge in [-0.25, -0.2) is 0 Å². The predicted octanol–water partition coefficient (Wildman–Crippen LogP) is 5.68. The third kappa shape index (κ3) is 9.58. The van der Waals surface area contributed by atoms with E-state index < -0.39 is 0 Å². The number of rotatable bonds is 12. The minimum Gasteiger partial charge on any atom is -0.491 e. The molecule has 0 saturated carbocycles. The smallest absolute Gasteiger partial charge is 0.134 e. The predicted molar refractivity (Wildman–Crippen MR) is 120 cm³/mol. The zero-order valence-electron chi connectivity index (χ0n) is 17.3. The van der Waals surface area contributed by atoms with Crippen LogP contribution in [0.2, 0.25) is 0 Å². The summed E-state index contributed by atoms with van der Waals surface area (Å²) in [5.74, 6) is 1.68. The van der Waals surface area contributed by atoms with Crippen LogP contribution in [0.4, 0.5) is 0 Å². The highest BCUT2D eigenvalue weighted by Gasteiger charge is 2.10. The van der Waals surface area contributed by atoms with E-state index >= 15 is 0 Å². The highest BCUT2D eigenvalue weighted by atomic mass is 79.9. The van der Waals surface area contributed by atoms with Gasteiger partial charge in [0.2, 0.25) is 0 Å². The van der Waals surface area contributed by atoms with Gasteiger partial charge < -0.3 is 19.3 Å². The lowest BCUT2D eigenvalue weighted by atomic mass is 10.3. The maximum Gasteiger partial charge on any atom is 0.134 e. The van der Waals surface area contributed by atoms with Crippen molar-refractivity contribution in [3.8, 4) is 11.5 Å². The lowest BCUT2D eigenvalue weighted by molar-refractivity contribution is 0.218. The fourth-order valence-corrected chi connectivity index (χ4v) is 3.25. The fourth-order valence-electron chi connectivity index (χ4n) is 2.38. The molecule has 0 unspecified atom stereocenters.